The van der Waals surface area contributed by atoms with Gasteiger partial charge in [0.25, 0.3) is 0 Å². The van der Waals surface area contributed by atoms with Crippen LogP contribution in [0.15, 0.2) is 22.7 Å². The number of hydrogen-bond acceptors (Lipinski definition) is 2. The van der Waals surface area contributed by atoms with E-state index in [1.54, 1.807) is 19.9 Å². The molecule has 0 unspecified atom stereocenters. The second-order valence-electron chi connectivity index (χ2n) is 4.33. The zero-order valence-corrected chi connectivity index (χ0v) is 13.0. The highest BCUT2D eigenvalue weighted by molar-refractivity contribution is 9.10. The summed E-state index contributed by atoms with van der Waals surface area (Å²) in [5, 5.41) is 0. The second kappa shape index (κ2) is 5.29. The van der Waals surface area contributed by atoms with Gasteiger partial charge in [-0.2, -0.15) is 13.2 Å². The van der Waals surface area contributed by atoms with Crippen LogP contribution < -0.4 is 0 Å². The molecular weight excluding hydrogens is 353 g/mol. The van der Waals surface area contributed by atoms with Gasteiger partial charge in [0.2, 0.25) is 0 Å². The van der Waals surface area contributed by atoms with Crippen molar-refractivity contribution in [2.75, 3.05) is 0 Å². The van der Waals surface area contributed by atoms with E-state index >= 15 is 0 Å². The first-order valence-electron chi connectivity index (χ1n) is 5.65. The Kier molecular flexibility index (Phi) is 4.02. The summed E-state index contributed by atoms with van der Waals surface area (Å²) in [7, 11) is 0. The molecule has 0 bridgehead atoms. The molecule has 20 heavy (non-hydrogen) atoms. The predicted octanol–water partition coefficient (Wildman–Crippen LogP) is 5.20. The summed E-state index contributed by atoms with van der Waals surface area (Å²) in [6.07, 6.45) is -4.46. The molecule has 1 aromatic carbocycles. The van der Waals surface area contributed by atoms with E-state index in [0.29, 0.717) is 14.8 Å². The van der Waals surface area contributed by atoms with Gasteiger partial charge in [0.1, 0.15) is 10.5 Å². The fourth-order valence-corrected chi connectivity index (χ4v) is 2.34. The molecule has 0 spiro atoms. The average molecular weight is 363 g/mol. The highest BCUT2D eigenvalue weighted by Crippen LogP contribution is 2.37. The third-order valence-corrected chi connectivity index (χ3v) is 3.84. The molecule has 0 aliphatic rings. The van der Waals surface area contributed by atoms with Gasteiger partial charge in [0.15, 0.2) is 0 Å². The maximum absolute atomic E-state index is 13.1. The number of hydrogen-bond donors (Lipinski definition) is 1. The Morgan fingerprint density at radius 3 is 2.45 bits per heavy atom. The van der Waals surface area contributed by atoms with E-state index < -0.39 is 11.7 Å². The van der Waals surface area contributed by atoms with Gasteiger partial charge in [-0.25, -0.2) is 4.98 Å². The molecule has 0 aliphatic carbocycles. The van der Waals surface area contributed by atoms with E-state index in [-0.39, 0.29) is 11.4 Å². The first-order chi connectivity index (χ1) is 9.20. The second-order valence-corrected chi connectivity index (χ2v) is 5.63. The van der Waals surface area contributed by atoms with Crippen molar-refractivity contribution in [2.45, 2.75) is 20.0 Å². The van der Waals surface area contributed by atoms with Gasteiger partial charge in [-0.05, 0) is 32.0 Å². The third kappa shape index (κ3) is 2.93. The lowest BCUT2D eigenvalue weighted by Gasteiger charge is -2.14. The van der Waals surface area contributed by atoms with Crippen molar-refractivity contribution in [3.05, 3.63) is 44.1 Å². The first-order valence-corrected chi connectivity index (χ1v) is 6.85. The van der Waals surface area contributed by atoms with Crippen molar-refractivity contribution < 1.29 is 13.2 Å². The van der Waals surface area contributed by atoms with E-state index in [4.69, 9.17) is 12.2 Å². The van der Waals surface area contributed by atoms with Crippen molar-refractivity contribution in [3.8, 4) is 11.4 Å². The van der Waals surface area contributed by atoms with Gasteiger partial charge >= 0.3 is 6.18 Å². The third-order valence-electron chi connectivity index (χ3n) is 2.94. The van der Waals surface area contributed by atoms with Crippen LogP contribution in [0.4, 0.5) is 13.2 Å². The number of H-pyrrole nitrogens is 1. The molecule has 0 saturated heterocycles. The summed E-state index contributed by atoms with van der Waals surface area (Å²) in [4.78, 5) is 6.92. The Bertz CT molecular complexity index is 723. The molecule has 7 heteroatoms. The number of alkyl halides is 3. The van der Waals surface area contributed by atoms with Gasteiger partial charge in [-0.15, -0.1) is 0 Å². The van der Waals surface area contributed by atoms with Crippen LogP contribution in [0.3, 0.4) is 0 Å². The van der Waals surface area contributed by atoms with Gasteiger partial charge in [-0.1, -0.05) is 28.1 Å². The van der Waals surface area contributed by atoms with Crippen LogP contribution in [-0.2, 0) is 6.18 Å². The minimum Gasteiger partial charge on any atom is -0.343 e. The molecule has 0 radical (unpaired) electrons. The number of halogens is 4. The average Bonchev–Trinajstić information content (AvgIpc) is 2.34. The number of aryl methyl sites for hydroxylation is 1. The zero-order chi connectivity index (χ0) is 15.1. The molecule has 0 aliphatic heterocycles. The fraction of sp³-hybridized carbons (Fsp3) is 0.231. The van der Waals surface area contributed by atoms with Gasteiger partial charge < -0.3 is 4.98 Å². The summed E-state index contributed by atoms with van der Waals surface area (Å²) >= 11 is 8.12. The summed E-state index contributed by atoms with van der Waals surface area (Å²) in [6, 6.07) is 3.94. The zero-order valence-electron chi connectivity index (χ0n) is 10.6. The standard InChI is InChI=1S/C13H10BrF3N2S/c1-6-7(2)18-11(19-12(6)20)9-4-3-8(14)5-10(9)13(15,16)17/h3-5H,1-2H3,(H,18,19,20). The SMILES string of the molecule is Cc1[nH]c(-c2ccc(Br)cc2C(F)(F)F)nc(=S)c1C. The highest BCUT2D eigenvalue weighted by atomic mass is 79.9. The van der Waals surface area contributed by atoms with Crippen molar-refractivity contribution in [1.29, 1.82) is 0 Å². The van der Waals surface area contributed by atoms with E-state index in [1.165, 1.54) is 6.07 Å². The van der Waals surface area contributed by atoms with E-state index in [1.807, 2.05) is 0 Å². The molecule has 1 N–H and O–H groups in total. The smallest absolute Gasteiger partial charge is 0.343 e. The molecule has 0 amide bonds. The fourth-order valence-electron chi connectivity index (χ4n) is 1.73. The number of nitrogens with zero attached hydrogens (tertiary/aromatic N) is 1. The molecule has 1 aromatic heterocycles. The highest BCUT2D eigenvalue weighted by Gasteiger charge is 2.34. The van der Waals surface area contributed by atoms with E-state index in [9.17, 15) is 13.2 Å². The Labute approximate surface area is 127 Å². The molecule has 0 fully saturated rings. The summed E-state index contributed by atoms with van der Waals surface area (Å²) in [5.41, 5.74) is 0.689. The van der Waals surface area contributed by atoms with Crippen LogP contribution in [0.2, 0.25) is 0 Å². The number of aromatic amines is 1. The monoisotopic (exact) mass is 362 g/mol. The number of benzene rings is 1. The maximum atomic E-state index is 13.1. The molecule has 2 nitrogen and oxygen atoms in total. The largest absolute Gasteiger partial charge is 0.417 e. The van der Waals surface area contributed by atoms with Crippen molar-refractivity contribution in [2.24, 2.45) is 0 Å². The first kappa shape index (κ1) is 15.2. The minimum atomic E-state index is -4.46. The van der Waals surface area contributed by atoms with Crippen molar-refractivity contribution >= 4 is 28.1 Å². The van der Waals surface area contributed by atoms with E-state index in [0.717, 1.165) is 11.6 Å². The van der Waals surface area contributed by atoms with Gasteiger partial charge in [0.05, 0.1) is 5.56 Å². The van der Waals surface area contributed by atoms with Crippen LogP contribution in [0, 0.1) is 18.5 Å². The molecule has 2 rings (SSSR count). The van der Waals surface area contributed by atoms with Gasteiger partial charge in [-0.3, -0.25) is 0 Å². The van der Waals surface area contributed by atoms with Crippen LogP contribution >= 0.6 is 28.1 Å². The van der Waals surface area contributed by atoms with Gasteiger partial charge in [0, 0.05) is 21.3 Å². The maximum Gasteiger partial charge on any atom is 0.417 e. The molecule has 0 saturated carbocycles. The minimum absolute atomic E-state index is 0.0186. The Morgan fingerprint density at radius 2 is 1.90 bits per heavy atom. The summed E-state index contributed by atoms with van der Waals surface area (Å²) in [5.74, 6) is 0.123. The Hall–Kier alpha value is -1.21. The lowest BCUT2D eigenvalue weighted by atomic mass is 10.1. The lowest BCUT2D eigenvalue weighted by molar-refractivity contribution is -0.137. The number of aromatic nitrogens is 2. The van der Waals surface area contributed by atoms with Crippen molar-refractivity contribution in [3.63, 3.8) is 0 Å². The normalized spacial score (nSPS) is 11.7. The predicted molar refractivity (Wildman–Crippen MR) is 77.0 cm³/mol. The number of nitrogens with one attached hydrogen (secondary N) is 1. The van der Waals surface area contributed by atoms with Crippen LogP contribution in [0.5, 0.6) is 0 Å². The molecule has 0 atom stereocenters. The quantitative estimate of drug-likeness (QED) is 0.705. The lowest BCUT2D eigenvalue weighted by Crippen LogP contribution is -2.09. The number of rotatable bonds is 1. The molecule has 1 heterocycles. The van der Waals surface area contributed by atoms with Crippen LogP contribution in [0.25, 0.3) is 11.4 Å². The summed E-state index contributed by atoms with van der Waals surface area (Å²) in [6.45, 7) is 3.53. The van der Waals surface area contributed by atoms with E-state index in [2.05, 4.69) is 25.9 Å². The van der Waals surface area contributed by atoms with Crippen LogP contribution in [-0.4, -0.2) is 9.97 Å². The topological polar surface area (TPSA) is 28.7 Å². The molecule has 106 valence electrons. The Morgan fingerprint density at radius 1 is 1.25 bits per heavy atom. The Balaban J connectivity index is 2.74. The van der Waals surface area contributed by atoms with Crippen molar-refractivity contribution in [1.82, 2.24) is 9.97 Å². The molecule has 2 aromatic rings. The molecular formula is C13H10BrF3N2S. The summed E-state index contributed by atoms with van der Waals surface area (Å²) < 4.78 is 40.0. The van der Waals surface area contributed by atoms with Crippen LogP contribution in [0.1, 0.15) is 16.8 Å².